The van der Waals surface area contributed by atoms with Gasteiger partial charge in [-0.05, 0) is 24.3 Å². The Bertz CT molecular complexity index is 816. The molecule has 0 fully saturated rings. The topological polar surface area (TPSA) is 92.7 Å². The first-order chi connectivity index (χ1) is 11.2. The molecular formula is C15H12ClFN6O. The molecule has 3 heterocycles. The molecule has 0 radical (unpaired) electrons. The SMILES string of the molecule is Cl.O=C(Nc1ccc(F)cn1)c1nccnc1Nc1cccnc1. The van der Waals surface area contributed by atoms with Gasteiger partial charge in [0, 0.05) is 18.6 Å². The van der Waals surface area contributed by atoms with Crippen molar-refractivity contribution in [3.05, 3.63) is 66.8 Å². The monoisotopic (exact) mass is 346 g/mol. The minimum Gasteiger partial charge on any atom is -0.337 e. The van der Waals surface area contributed by atoms with Gasteiger partial charge in [0.1, 0.15) is 11.6 Å². The summed E-state index contributed by atoms with van der Waals surface area (Å²) in [6.07, 6.45) is 7.11. The Morgan fingerprint density at radius 1 is 1.00 bits per heavy atom. The van der Waals surface area contributed by atoms with Crippen molar-refractivity contribution in [2.75, 3.05) is 10.6 Å². The molecule has 0 aliphatic heterocycles. The molecule has 122 valence electrons. The van der Waals surface area contributed by atoms with Crippen LogP contribution in [0.1, 0.15) is 10.5 Å². The van der Waals surface area contributed by atoms with Gasteiger partial charge in [0.15, 0.2) is 11.5 Å². The summed E-state index contributed by atoms with van der Waals surface area (Å²) in [5.41, 5.74) is 0.754. The van der Waals surface area contributed by atoms with E-state index in [-0.39, 0.29) is 29.7 Å². The first-order valence-electron chi connectivity index (χ1n) is 6.63. The molecule has 24 heavy (non-hydrogen) atoms. The van der Waals surface area contributed by atoms with Crippen LogP contribution in [0.3, 0.4) is 0 Å². The predicted molar refractivity (Wildman–Crippen MR) is 88.9 cm³/mol. The molecule has 0 atom stereocenters. The highest BCUT2D eigenvalue weighted by Gasteiger charge is 2.15. The van der Waals surface area contributed by atoms with Crippen molar-refractivity contribution in [1.29, 1.82) is 0 Å². The van der Waals surface area contributed by atoms with Crippen LogP contribution in [0.25, 0.3) is 0 Å². The molecule has 0 saturated carbocycles. The maximum atomic E-state index is 12.8. The Hall–Kier alpha value is -3.13. The van der Waals surface area contributed by atoms with Crippen LogP contribution in [-0.4, -0.2) is 25.8 Å². The lowest BCUT2D eigenvalue weighted by Crippen LogP contribution is -2.17. The molecular weight excluding hydrogens is 335 g/mol. The molecule has 3 rings (SSSR count). The number of anilines is 3. The molecule has 0 aliphatic rings. The summed E-state index contributed by atoms with van der Waals surface area (Å²) in [6.45, 7) is 0. The third kappa shape index (κ3) is 4.20. The van der Waals surface area contributed by atoms with Gasteiger partial charge in [-0.2, -0.15) is 0 Å². The molecule has 1 amide bonds. The van der Waals surface area contributed by atoms with Crippen molar-refractivity contribution in [2.45, 2.75) is 0 Å². The minimum absolute atomic E-state index is 0. The lowest BCUT2D eigenvalue weighted by Gasteiger charge is -2.09. The maximum Gasteiger partial charge on any atom is 0.279 e. The van der Waals surface area contributed by atoms with Crippen molar-refractivity contribution in [1.82, 2.24) is 19.9 Å². The van der Waals surface area contributed by atoms with Crippen LogP contribution in [0.15, 0.2) is 55.2 Å². The second kappa shape index (κ2) is 7.93. The van der Waals surface area contributed by atoms with Gasteiger partial charge >= 0.3 is 0 Å². The number of halogens is 2. The molecule has 3 aromatic heterocycles. The number of aromatic nitrogens is 4. The van der Waals surface area contributed by atoms with Gasteiger partial charge in [0.05, 0.1) is 18.1 Å². The normalized spacial score (nSPS) is 9.71. The number of pyridine rings is 2. The Kier molecular flexibility index (Phi) is 5.69. The second-order valence-corrected chi connectivity index (χ2v) is 4.44. The first kappa shape index (κ1) is 17.2. The van der Waals surface area contributed by atoms with Crippen LogP contribution in [0.2, 0.25) is 0 Å². The number of nitrogens with one attached hydrogen (secondary N) is 2. The van der Waals surface area contributed by atoms with Gasteiger partial charge in [-0.1, -0.05) is 0 Å². The van der Waals surface area contributed by atoms with E-state index in [0.717, 1.165) is 6.20 Å². The highest BCUT2D eigenvalue weighted by atomic mass is 35.5. The average molecular weight is 347 g/mol. The van der Waals surface area contributed by atoms with E-state index >= 15 is 0 Å². The number of hydrogen-bond donors (Lipinski definition) is 2. The molecule has 9 heteroatoms. The summed E-state index contributed by atoms with van der Waals surface area (Å²) in [7, 11) is 0. The Morgan fingerprint density at radius 2 is 1.83 bits per heavy atom. The molecule has 3 aromatic rings. The summed E-state index contributed by atoms with van der Waals surface area (Å²) in [5, 5.41) is 5.51. The summed E-state index contributed by atoms with van der Waals surface area (Å²) in [6, 6.07) is 6.09. The fourth-order valence-electron chi connectivity index (χ4n) is 1.79. The van der Waals surface area contributed by atoms with Crippen molar-refractivity contribution in [2.24, 2.45) is 0 Å². The van der Waals surface area contributed by atoms with Gasteiger partial charge in [-0.15, -0.1) is 12.4 Å². The number of carbonyl (C=O) groups is 1. The number of nitrogens with zero attached hydrogens (tertiary/aromatic N) is 4. The van der Waals surface area contributed by atoms with Crippen LogP contribution in [0, 0.1) is 5.82 Å². The van der Waals surface area contributed by atoms with Gasteiger partial charge in [-0.25, -0.2) is 19.3 Å². The van der Waals surface area contributed by atoms with E-state index in [0.29, 0.717) is 5.69 Å². The van der Waals surface area contributed by atoms with E-state index in [4.69, 9.17) is 0 Å². The quantitative estimate of drug-likeness (QED) is 0.754. The van der Waals surface area contributed by atoms with E-state index in [9.17, 15) is 9.18 Å². The van der Waals surface area contributed by atoms with E-state index in [1.807, 2.05) is 0 Å². The van der Waals surface area contributed by atoms with Gasteiger partial charge < -0.3 is 10.6 Å². The number of rotatable bonds is 4. The largest absolute Gasteiger partial charge is 0.337 e. The number of carbonyl (C=O) groups excluding carboxylic acids is 1. The molecule has 7 nitrogen and oxygen atoms in total. The van der Waals surface area contributed by atoms with Crippen molar-refractivity contribution in [3.8, 4) is 0 Å². The first-order valence-corrected chi connectivity index (χ1v) is 6.63. The summed E-state index contributed by atoms with van der Waals surface area (Å²) < 4.78 is 12.8. The van der Waals surface area contributed by atoms with E-state index in [2.05, 4.69) is 30.6 Å². The van der Waals surface area contributed by atoms with Gasteiger partial charge in [0.2, 0.25) is 0 Å². The molecule has 0 aromatic carbocycles. The molecule has 2 N–H and O–H groups in total. The summed E-state index contributed by atoms with van der Waals surface area (Å²) in [4.78, 5) is 28.2. The molecule has 0 saturated heterocycles. The smallest absolute Gasteiger partial charge is 0.279 e. The van der Waals surface area contributed by atoms with Crippen molar-refractivity contribution >= 4 is 35.6 Å². The Morgan fingerprint density at radius 3 is 2.54 bits per heavy atom. The zero-order valence-corrected chi connectivity index (χ0v) is 13.0. The van der Waals surface area contributed by atoms with E-state index in [1.165, 1.54) is 24.5 Å². The molecule has 0 bridgehead atoms. The lowest BCUT2D eigenvalue weighted by atomic mass is 10.3. The number of hydrogen-bond acceptors (Lipinski definition) is 6. The fourth-order valence-corrected chi connectivity index (χ4v) is 1.79. The average Bonchev–Trinajstić information content (AvgIpc) is 2.58. The van der Waals surface area contributed by atoms with Crippen molar-refractivity contribution in [3.63, 3.8) is 0 Å². The highest BCUT2D eigenvalue weighted by molar-refractivity contribution is 6.05. The fraction of sp³-hybridized carbons (Fsp3) is 0. The third-order valence-electron chi connectivity index (χ3n) is 2.81. The Balaban J connectivity index is 0.00000208. The van der Waals surface area contributed by atoms with Crippen LogP contribution in [0.5, 0.6) is 0 Å². The van der Waals surface area contributed by atoms with Crippen LogP contribution in [0.4, 0.5) is 21.7 Å². The van der Waals surface area contributed by atoms with Crippen molar-refractivity contribution < 1.29 is 9.18 Å². The zero-order valence-electron chi connectivity index (χ0n) is 12.2. The molecule has 0 spiro atoms. The zero-order chi connectivity index (χ0) is 16.1. The van der Waals surface area contributed by atoms with E-state index in [1.54, 1.807) is 24.5 Å². The summed E-state index contributed by atoms with van der Waals surface area (Å²) in [5.74, 6) is -0.500. The number of amides is 1. The third-order valence-corrected chi connectivity index (χ3v) is 2.81. The van der Waals surface area contributed by atoms with Crippen LogP contribution >= 0.6 is 12.4 Å². The second-order valence-electron chi connectivity index (χ2n) is 4.44. The lowest BCUT2D eigenvalue weighted by molar-refractivity contribution is 0.102. The molecule has 0 aliphatic carbocycles. The predicted octanol–water partition coefficient (Wildman–Crippen LogP) is 2.82. The van der Waals surface area contributed by atoms with Crippen LogP contribution in [-0.2, 0) is 0 Å². The maximum absolute atomic E-state index is 12.8. The molecule has 0 unspecified atom stereocenters. The van der Waals surface area contributed by atoms with Gasteiger partial charge in [-0.3, -0.25) is 9.78 Å². The van der Waals surface area contributed by atoms with Crippen LogP contribution < -0.4 is 10.6 Å². The highest BCUT2D eigenvalue weighted by Crippen LogP contribution is 2.16. The summed E-state index contributed by atoms with van der Waals surface area (Å²) >= 11 is 0. The van der Waals surface area contributed by atoms with E-state index < -0.39 is 11.7 Å². The van der Waals surface area contributed by atoms with Gasteiger partial charge in [0.25, 0.3) is 5.91 Å². The standard InChI is InChI=1S/C15H11FN6O.ClH/c16-10-3-4-12(20-8-10)22-15(23)13-14(19-7-6-18-13)21-11-2-1-5-17-9-11;/h1-9H,(H,19,21)(H,20,22,23);1H. The minimum atomic E-state index is -0.511. The Labute approximate surface area is 142 Å².